The summed E-state index contributed by atoms with van der Waals surface area (Å²) in [6, 6.07) is 0.0450. The van der Waals surface area contributed by atoms with Crippen LogP contribution in [0.2, 0.25) is 0 Å². The second-order valence-corrected chi connectivity index (χ2v) is 4.93. The monoisotopic (exact) mass is 330 g/mol. The zero-order chi connectivity index (χ0) is 13.8. The summed E-state index contributed by atoms with van der Waals surface area (Å²) < 4.78 is 5.37. The van der Waals surface area contributed by atoms with Crippen LogP contribution >= 0.6 is 15.9 Å². The number of carbonyl (C=O) groups is 1. The van der Waals surface area contributed by atoms with Gasteiger partial charge < -0.3 is 15.0 Å². The van der Waals surface area contributed by atoms with Crippen molar-refractivity contribution < 1.29 is 9.53 Å². The molecule has 0 radical (unpaired) electrons. The van der Waals surface area contributed by atoms with Gasteiger partial charge in [-0.1, -0.05) is 0 Å². The van der Waals surface area contributed by atoms with Gasteiger partial charge in [0.15, 0.2) is 0 Å². The Morgan fingerprint density at radius 2 is 2.47 bits per heavy atom. The Bertz CT molecular complexity index is 471. The standard InChI is InChI=1S/C10H15BrN6O2/c1-19-10(18)14-6-2-3-17(5-6)8-7(11)4-13-9(15-8)16-12/h4,6H,2-3,5,12H2,1H3,(H,14,18)(H,13,15,16). The van der Waals surface area contributed by atoms with Crippen molar-refractivity contribution in [2.45, 2.75) is 12.5 Å². The van der Waals surface area contributed by atoms with Crippen LogP contribution < -0.4 is 21.5 Å². The van der Waals surface area contributed by atoms with Crippen LogP contribution in [-0.4, -0.2) is 42.3 Å². The van der Waals surface area contributed by atoms with Crippen molar-refractivity contribution in [1.29, 1.82) is 0 Å². The molecule has 4 N–H and O–H groups in total. The molecule has 19 heavy (non-hydrogen) atoms. The minimum Gasteiger partial charge on any atom is -0.453 e. The normalized spacial score (nSPS) is 18.3. The van der Waals surface area contributed by atoms with Crippen molar-refractivity contribution in [3.63, 3.8) is 0 Å². The van der Waals surface area contributed by atoms with Gasteiger partial charge in [-0.15, -0.1) is 0 Å². The Kier molecular flexibility index (Phi) is 4.38. The number of methoxy groups -OCH3 is 1. The first-order valence-electron chi connectivity index (χ1n) is 5.72. The van der Waals surface area contributed by atoms with E-state index >= 15 is 0 Å². The third-order valence-electron chi connectivity index (χ3n) is 2.85. The van der Waals surface area contributed by atoms with Gasteiger partial charge in [0.05, 0.1) is 17.6 Å². The molecule has 0 aromatic carbocycles. The molecule has 1 atom stereocenters. The fraction of sp³-hybridized carbons (Fsp3) is 0.500. The van der Waals surface area contributed by atoms with Crippen LogP contribution in [-0.2, 0) is 4.74 Å². The summed E-state index contributed by atoms with van der Waals surface area (Å²) in [4.78, 5) is 21.5. The number of nitrogens with two attached hydrogens (primary N) is 1. The van der Waals surface area contributed by atoms with Crippen LogP contribution in [0.25, 0.3) is 0 Å². The van der Waals surface area contributed by atoms with Crippen molar-refractivity contribution in [3.05, 3.63) is 10.7 Å². The number of halogens is 1. The van der Waals surface area contributed by atoms with E-state index < -0.39 is 6.09 Å². The number of alkyl carbamates (subject to hydrolysis) is 1. The van der Waals surface area contributed by atoms with Gasteiger partial charge in [-0.05, 0) is 22.4 Å². The molecule has 1 unspecified atom stereocenters. The van der Waals surface area contributed by atoms with Gasteiger partial charge in [0, 0.05) is 19.3 Å². The fourth-order valence-electron chi connectivity index (χ4n) is 1.95. The summed E-state index contributed by atoms with van der Waals surface area (Å²) >= 11 is 3.41. The molecule has 1 saturated heterocycles. The van der Waals surface area contributed by atoms with Crippen molar-refractivity contribution in [2.24, 2.45) is 5.84 Å². The van der Waals surface area contributed by atoms with E-state index in [9.17, 15) is 4.79 Å². The maximum Gasteiger partial charge on any atom is 0.407 e. The van der Waals surface area contributed by atoms with E-state index in [2.05, 4.69) is 41.4 Å². The lowest BCUT2D eigenvalue weighted by Gasteiger charge is -2.19. The third kappa shape index (κ3) is 3.24. The second kappa shape index (κ2) is 6.02. The molecule has 0 saturated carbocycles. The maximum absolute atomic E-state index is 11.2. The molecule has 1 aliphatic rings. The zero-order valence-electron chi connectivity index (χ0n) is 10.4. The minimum absolute atomic E-state index is 0.0450. The van der Waals surface area contributed by atoms with E-state index in [0.717, 1.165) is 23.3 Å². The molecule has 9 heteroatoms. The van der Waals surface area contributed by atoms with Crippen LogP contribution in [0.1, 0.15) is 6.42 Å². The van der Waals surface area contributed by atoms with Gasteiger partial charge in [-0.25, -0.2) is 15.6 Å². The number of carbonyl (C=O) groups excluding carboxylic acids is 1. The lowest BCUT2D eigenvalue weighted by atomic mass is 10.3. The van der Waals surface area contributed by atoms with E-state index in [1.54, 1.807) is 6.20 Å². The van der Waals surface area contributed by atoms with Gasteiger partial charge in [0.25, 0.3) is 0 Å². The molecule has 104 valence electrons. The molecule has 1 aromatic rings. The van der Waals surface area contributed by atoms with Crippen molar-refractivity contribution in [1.82, 2.24) is 15.3 Å². The second-order valence-electron chi connectivity index (χ2n) is 4.08. The molecule has 1 aromatic heterocycles. The Hall–Kier alpha value is -1.61. The van der Waals surface area contributed by atoms with Gasteiger partial charge in [0.2, 0.25) is 5.95 Å². The highest BCUT2D eigenvalue weighted by Crippen LogP contribution is 2.27. The first-order chi connectivity index (χ1) is 9.13. The lowest BCUT2D eigenvalue weighted by Crippen LogP contribution is -2.37. The number of aromatic nitrogens is 2. The number of hydrazine groups is 1. The quantitative estimate of drug-likeness (QED) is 0.546. The Labute approximate surface area is 118 Å². The number of nitrogen functional groups attached to an aromatic ring is 1. The molecule has 2 heterocycles. The van der Waals surface area contributed by atoms with Crippen LogP contribution in [0.5, 0.6) is 0 Å². The topological polar surface area (TPSA) is 105 Å². The van der Waals surface area contributed by atoms with Gasteiger partial charge in [-0.3, -0.25) is 5.43 Å². The van der Waals surface area contributed by atoms with E-state index in [4.69, 9.17) is 5.84 Å². The molecule has 1 amide bonds. The van der Waals surface area contributed by atoms with Crippen molar-refractivity contribution in [2.75, 3.05) is 30.5 Å². The van der Waals surface area contributed by atoms with Crippen molar-refractivity contribution >= 4 is 33.8 Å². The highest BCUT2D eigenvalue weighted by atomic mass is 79.9. The maximum atomic E-state index is 11.2. The Morgan fingerprint density at radius 3 is 3.16 bits per heavy atom. The van der Waals surface area contributed by atoms with Crippen LogP contribution in [0.4, 0.5) is 16.6 Å². The highest BCUT2D eigenvalue weighted by molar-refractivity contribution is 9.10. The molecule has 8 nitrogen and oxygen atoms in total. The number of ether oxygens (including phenoxy) is 1. The summed E-state index contributed by atoms with van der Waals surface area (Å²) in [7, 11) is 1.35. The number of nitrogens with one attached hydrogen (secondary N) is 2. The van der Waals surface area contributed by atoms with Gasteiger partial charge in [-0.2, -0.15) is 4.98 Å². The molecule has 0 spiro atoms. The fourth-order valence-corrected chi connectivity index (χ4v) is 2.39. The molecular weight excluding hydrogens is 316 g/mol. The zero-order valence-corrected chi connectivity index (χ0v) is 12.0. The Morgan fingerprint density at radius 1 is 1.68 bits per heavy atom. The van der Waals surface area contributed by atoms with E-state index in [1.165, 1.54) is 7.11 Å². The van der Waals surface area contributed by atoms with Gasteiger partial charge >= 0.3 is 6.09 Å². The SMILES string of the molecule is COC(=O)NC1CCN(c2nc(NN)ncc2Br)C1. The molecule has 1 aliphatic heterocycles. The predicted octanol–water partition coefficient (Wildman–Crippen LogP) is 0.459. The minimum atomic E-state index is -0.419. The largest absolute Gasteiger partial charge is 0.453 e. The molecule has 0 aliphatic carbocycles. The number of hydrogen-bond acceptors (Lipinski definition) is 7. The number of anilines is 2. The summed E-state index contributed by atoms with van der Waals surface area (Å²) in [6.07, 6.45) is 2.05. The summed E-state index contributed by atoms with van der Waals surface area (Å²) in [5, 5.41) is 2.77. The predicted molar refractivity (Wildman–Crippen MR) is 73.7 cm³/mol. The number of amides is 1. The first-order valence-corrected chi connectivity index (χ1v) is 6.52. The van der Waals surface area contributed by atoms with Gasteiger partial charge in [0.1, 0.15) is 5.82 Å². The van der Waals surface area contributed by atoms with Crippen LogP contribution in [0.15, 0.2) is 10.7 Å². The van der Waals surface area contributed by atoms with E-state index in [-0.39, 0.29) is 6.04 Å². The van der Waals surface area contributed by atoms with Crippen LogP contribution in [0, 0.1) is 0 Å². The average molecular weight is 331 g/mol. The summed E-state index contributed by atoms with van der Waals surface area (Å²) in [5.41, 5.74) is 2.41. The number of hydrogen-bond donors (Lipinski definition) is 3. The Balaban J connectivity index is 2.06. The first kappa shape index (κ1) is 13.8. The van der Waals surface area contributed by atoms with E-state index in [1.807, 2.05) is 4.90 Å². The molecular formula is C10H15BrN6O2. The number of nitrogens with zero attached hydrogens (tertiary/aromatic N) is 3. The smallest absolute Gasteiger partial charge is 0.407 e. The number of rotatable bonds is 3. The van der Waals surface area contributed by atoms with Crippen LogP contribution in [0.3, 0.4) is 0 Å². The summed E-state index contributed by atoms with van der Waals surface area (Å²) in [5.74, 6) is 6.39. The van der Waals surface area contributed by atoms with E-state index in [0.29, 0.717) is 12.5 Å². The van der Waals surface area contributed by atoms with Crippen molar-refractivity contribution in [3.8, 4) is 0 Å². The highest BCUT2D eigenvalue weighted by Gasteiger charge is 2.26. The summed E-state index contributed by atoms with van der Waals surface area (Å²) in [6.45, 7) is 1.45. The third-order valence-corrected chi connectivity index (χ3v) is 3.41. The molecule has 0 bridgehead atoms. The molecule has 1 fully saturated rings. The molecule has 2 rings (SSSR count). The lowest BCUT2D eigenvalue weighted by molar-refractivity contribution is 0.167. The average Bonchev–Trinajstić information content (AvgIpc) is 2.87.